The first-order valence-electron chi connectivity index (χ1n) is 6.06. The molecule has 1 aromatic rings. The van der Waals surface area contributed by atoms with Gasteiger partial charge in [0.1, 0.15) is 0 Å². The lowest BCUT2D eigenvalue weighted by Crippen LogP contribution is -2.25. The Hall–Kier alpha value is -1.19. The molecule has 1 aliphatic rings. The van der Waals surface area contributed by atoms with Crippen LogP contribution in [0.3, 0.4) is 0 Å². The van der Waals surface area contributed by atoms with Crippen LogP contribution < -0.4 is 9.47 Å². The third kappa shape index (κ3) is 3.40. The summed E-state index contributed by atoms with van der Waals surface area (Å²) in [4.78, 5) is 0. The monoisotopic (exact) mass is 268 g/mol. The third-order valence-corrected chi connectivity index (χ3v) is 2.97. The Bertz CT molecular complexity index is 412. The van der Waals surface area contributed by atoms with Crippen LogP contribution in [0.1, 0.15) is 24.8 Å². The van der Waals surface area contributed by atoms with Crippen molar-refractivity contribution in [3.05, 3.63) is 29.3 Å². The predicted octanol–water partition coefficient (Wildman–Crippen LogP) is 3.81. The van der Waals surface area contributed by atoms with E-state index in [1.54, 1.807) is 13.2 Å². The zero-order valence-electron chi connectivity index (χ0n) is 10.4. The van der Waals surface area contributed by atoms with Gasteiger partial charge in [-0.15, -0.1) is 0 Å². The SMILES string of the molecule is COc1ccc(/C=C/Cl)cc1OC1CCCCO1. The van der Waals surface area contributed by atoms with Gasteiger partial charge in [-0.05, 0) is 36.6 Å². The highest BCUT2D eigenvalue weighted by Gasteiger charge is 2.17. The summed E-state index contributed by atoms with van der Waals surface area (Å²) in [5.74, 6) is 1.40. The van der Waals surface area contributed by atoms with E-state index in [1.807, 2.05) is 18.2 Å². The number of halogens is 1. The van der Waals surface area contributed by atoms with E-state index < -0.39 is 0 Å². The van der Waals surface area contributed by atoms with Crippen molar-refractivity contribution >= 4 is 17.7 Å². The van der Waals surface area contributed by atoms with Crippen molar-refractivity contribution in [2.24, 2.45) is 0 Å². The van der Waals surface area contributed by atoms with Crippen molar-refractivity contribution in [2.45, 2.75) is 25.6 Å². The zero-order valence-corrected chi connectivity index (χ0v) is 11.2. The van der Waals surface area contributed by atoms with Crippen LogP contribution in [0.25, 0.3) is 6.08 Å². The maximum Gasteiger partial charge on any atom is 0.200 e. The average Bonchev–Trinajstić information content (AvgIpc) is 2.41. The number of benzene rings is 1. The van der Waals surface area contributed by atoms with E-state index >= 15 is 0 Å². The molecule has 18 heavy (non-hydrogen) atoms. The predicted molar refractivity (Wildman–Crippen MR) is 72.1 cm³/mol. The number of ether oxygens (including phenoxy) is 3. The fourth-order valence-electron chi connectivity index (χ4n) is 1.91. The van der Waals surface area contributed by atoms with E-state index in [2.05, 4.69) is 0 Å². The molecule has 0 N–H and O–H groups in total. The topological polar surface area (TPSA) is 27.7 Å². The molecule has 3 nitrogen and oxygen atoms in total. The minimum absolute atomic E-state index is 0.178. The fourth-order valence-corrected chi connectivity index (χ4v) is 2.05. The van der Waals surface area contributed by atoms with Gasteiger partial charge in [-0.3, -0.25) is 0 Å². The Kier molecular flexibility index (Phi) is 4.90. The summed E-state index contributed by atoms with van der Waals surface area (Å²) in [6.07, 6.45) is 4.78. The van der Waals surface area contributed by atoms with Crippen LogP contribution in [0.15, 0.2) is 23.7 Å². The van der Waals surface area contributed by atoms with Crippen LogP contribution in [-0.4, -0.2) is 20.0 Å². The number of hydrogen-bond acceptors (Lipinski definition) is 3. The normalized spacial score (nSPS) is 20.0. The van der Waals surface area contributed by atoms with Crippen LogP contribution in [0.5, 0.6) is 11.5 Å². The van der Waals surface area contributed by atoms with Gasteiger partial charge in [0.05, 0.1) is 13.7 Å². The largest absolute Gasteiger partial charge is 0.493 e. The molecular formula is C14H17ClO3. The van der Waals surface area contributed by atoms with Crippen molar-refractivity contribution in [1.82, 2.24) is 0 Å². The molecule has 0 saturated carbocycles. The fraction of sp³-hybridized carbons (Fsp3) is 0.429. The van der Waals surface area contributed by atoms with Gasteiger partial charge in [0.25, 0.3) is 0 Å². The molecule has 0 aliphatic carbocycles. The molecule has 2 rings (SSSR count). The maximum atomic E-state index is 5.84. The molecule has 0 bridgehead atoms. The first-order valence-corrected chi connectivity index (χ1v) is 6.50. The van der Waals surface area contributed by atoms with E-state index in [-0.39, 0.29) is 6.29 Å². The lowest BCUT2D eigenvalue weighted by atomic mass is 10.2. The molecule has 1 heterocycles. The molecule has 0 spiro atoms. The van der Waals surface area contributed by atoms with Crippen molar-refractivity contribution < 1.29 is 14.2 Å². The van der Waals surface area contributed by atoms with E-state index in [4.69, 9.17) is 25.8 Å². The second kappa shape index (κ2) is 6.66. The third-order valence-electron chi connectivity index (χ3n) is 2.84. The van der Waals surface area contributed by atoms with Gasteiger partial charge in [-0.25, -0.2) is 0 Å². The van der Waals surface area contributed by atoms with Crippen LogP contribution in [0.4, 0.5) is 0 Å². The van der Waals surface area contributed by atoms with Crippen molar-refractivity contribution in [3.63, 3.8) is 0 Å². The molecule has 1 aliphatic heterocycles. The van der Waals surface area contributed by atoms with Gasteiger partial charge in [0, 0.05) is 12.0 Å². The molecule has 1 aromatic carbocycles. The second-order valence-electron chi connectivity index (χ2n) is 4.12. The number of rotatable bonds is 4. The summed E-state index contributed by atoms with van der Waals surface area (Å²) in [7, 11) is 1.63. The van der Waals surface area contributed by atoms with Crippen LogP contribution in [0.2, 0.25) is 0 Å². The second-order valence-corrected chi connectivity index (χ2v) is 4.37. The summed E-state index contributed by atoms with van der Waals surface area (Å²) >= 11 is 5.58. The summed E-state index contributed by atoms with van der Waals surface area (Å²) in [6.45, 7) is 0.758. The molecular weight excluding hydrogens is 252 g/mol. The van der Waals surface area contributed by atoms with Gasteiger partial charge in [-0.2, -0.15) is 0 Å². The lowest BCUT2D eigenvalue weighted by Gasteiger charge is -2.24. The van der Waals surface area contributed by atoms with Crippen molar-refractivity contribution in [2.75, 3.05) is 13.7 Å². The quantitative estimate of drug-likeness (QED) is 0.831. The summed E-state index contributed by atoms with van der Waals surface area (Å²) in [5, 5.41) is 0. The number of methoxy groups -OCH3 is 1. The molecule has 0 aromatic heterocycles. The molecule has 98 valence electrons. The van der Waals surface area contributed by atoms with Crippen molar-refractivity contribution in [3.8, 4) is 11.5 Å². The Balaban J connectivity index is 2.14. The Morgan fingerprint density at radius 2 is 2.22 bits per heavy atom. The highest BCUT2D eigenvalue weighted by molar-refractivity contribution is 6.27. The molecule has 1 unspecified atom stereocenters. The smallest absolute Gasteiger partial charge is 0.200 e. The highest BCUT2D eigenvalue weighted by Crippen LogP contribution is 2.31. The van der Waals surface area contributed by atoms with Gasteiger partial charge >= 0.3 is 0 Å². The molecule has 0 radical (unpaired) electrons. The Morgan fingerprint density at radius 3 is 2.89 bits per heavy atom. The minimum atomic E-state index is -0.178. The summed E-state index contributed by atoms with van der Waals surface area (Å²) < 4.78 is 16.7. The average molecular weight is 269 g/mol. The van der Waals surface area contributed by atoms with Crippen LogP contribution in [-0.2, 0) is 4.74 Å². The van der Waals surface area contributed by atoms with Crippen LogP contribution >= 0.6 is 11.6 Å². The molecule has 4 heteroatoms. The van der Waals surface area contributed by atoms with Crippen molar-refractivity contribution in [1.29, 1.82) is 0 Å². The number of hydrogen-bond donors (Lipinski definition) is 0. The van der Waals surface area contributed by atoms with Crippen LogP contribution in [0, 0.1) is 0 Å². The Morgan fingerprint density at radius 1 is 1.33 bits per heavy atom. The molecule has 1 fully saturated rings. The lowest BCUT2D eigenvalue weighted by molar-refractivity contribution is -0.106. The summed E-state index contributed by atoms with van der Waals surface area (Å²) in [6, 6.07) is 5.69. The van der Waals surface area contributed by atoms with Gasteiger partial charge in [0.15, 0.2) is 17.8 Å². The van der Waals surface area contributed by atoms with Gasteiger partial charge in [-0.1, -0.05) is 17.7 Å². The highest BCUT2D eigenvalue weighted by atomic mass is 35.5. The minimum Gasteiger partial charge on any atom is -0.493 e. The standard InChI is InChI=1S/C14H17ClO3/c1-16-12-6-5-11(7-8-15)10-13(12)18-14-4-2-3-9-17-14/h5-8,10,14H,2-4,9H2,1H3/b8-7+. The first-order chi connectivity index (χ1) is 8.83. The molecule has 1 saturated heterocycles. The van der Waals surface area contributed by atoms with E-state index in [9.17, 15) is 0 Å². The van der Waals surface area contributed by atoms with Gasteiger partial charge < -0.3 is 14.2 Å². The van der Waals surface area contributed by atoms with E-state index in [0.29, 0.717) is 11.5 Å². The Labute approximate surface area is 112 Å². The van der Waals surface area contributed by atoms with E-state index in [0.717, 1.165) is 31.4 Å². The summed E-state index contributed by atoms with van der Waals surface area (Å²) in [5.41, 5.74) is 2.44. The maximum absolute atomic E-state index is 5.84. The molecule has 0 amide bonds. The zero-order chi connectivity index (χ0) is 12.8. The molecule has 1 atom stereocenters. The van der Waals surface area contributed by atoms with Gasteiger partial charge in [0.2, 0.25) is 0 Å². The first kappa shape index (κ1) is 13.2. The van der Waals surface area contributed by atoms with E-state index in [1.165, 1.54) is 5.54 Å².